The van der Waals surface area contributed by atoms with Crippen molar-refractivity contribution in [2.75, 3.05) is 35.0 Å². The van der Waals surface area contributed by atoms with Crippen molar-refractivity contribution in [3.05, 3.63) is 77.4 Å². The molecular weight excluding hydrogens is 422 g/mol. The highest BCUT2D eigenvalue weighted by molar-refractivity contribution is 5.94. The molecule has 0 unspecified atom stereocenters. The van der Waals surface area contributed by atoms with Crippen molar-refractivity contribution in [2.45, 2.75) is 13.0 Å². The van der Waals surface area contributed by atoms with Gasteiger partial charge in [0, 0.05) is 17.7 Å². The normalized spacial score (nSPS) is 10.3. The van der Waals surface area contributed by atoms with Crippen molar-refractivity contribution < 1.29 is 28.5 Å². The fraction of sp³-hybridized carbons (Fsp3) is 0.269. The predicted octanol–water partition coefficient (Wildman–Crippen LogP) is 4.27. The van der Waals surface area contributed by atoms with Gasteiger partial charge in [0.1, 0.15) is 12.4 Å². The van der Waals surface area contributed by atoms with Gasteiger partial charge in [-0.1, -0.05) is 18.2 Å². The summed E-state index contributed by atoms with van der Waals surface area (Å²) in [6, 6.07) is 18.4. The summed E-state index contributed by atoms with van der Waals surface area (Å²) in [5.74, 6) is 3.07. The molecule has 0 heterocycles. The number of hydrogen-bond acceptors (Lipinski definition) is 6. The standard InChI is InChI=1S/C26H29NO6/c1-29-21-12-10-19(16-20(21)17-33-24-8-6-5-7-22(24)30-2)26(28)27-14-13-18-9-11-23(31-3)25(15-18)32-4/h5-12,15-16H,13-14,17H2,1-4H3,(H,27,28). The molecule has 3 aromatic rings. The Bertz CT molecular complexity index is 1080. The molecule has 7 nitrogen and oxygen atoms in total. The second-order valence-corrected chi connectivity index (χ2v) is 7.16. The van der Waals surface area contributed by atoms with E-state index in [1.807, 2.05) is 42.5 Å². The van der Waals surface area contributed by atoms with Crippen LogP contribution in [0.25, 0.3) is 0 Å². The number of carbonyl (C=O) groups is 1. The molecule has 0 aliphatic carbocycles. The number of para-hydroxylation sites is 2. The molecular formula is C26H29NO6. The van der Waals surface area contributed by atoms with Crippen molar-refractivity contribution in [1.82, 2.24) is 5.32 Å². The lowest BCUT2D eigenvalue weighted by atomic mass is 10.1. The van der Waals surface area contributed by atoms with Gasteiger partial charge in [0.05, 0.1) is 28.4 Å². The molecule has 0 saturated carbocycles. The second kappa shape index (κ2) is 11.7. The Hall–Kier alpha value is -3.87. The lowest BCUT2D eigenvalue weighted by molar-refractivity contribution is 0.0954. The average Bonchev–Trinajstić information content (AvgIpc) is 2.87. The van der Waals surface area contributed by atoms with E-state index in [0.29, 0.717) is 47.3 Å². The number of ether oxygens (including phenoxy) is 5. The van der Waals surface area contributed by atoms with Crippen LogP contribution in [0.4, 0.5) is 0 Å². The van der Waals surface area contributed by atoms with E-state index < -0.39 is 0 Å². The third-order valence-corrected chi connectivity index (χ3v) is 5.14. The van der Waals surface area contributed by atoms with E-state index >= 15 is 0 Å². The second-order valence-electron chi connectivity index (χ2n) is 7.16. The Morgan fingerprint density at radius 3 is 2.06 bits per heavy atom. The minimum Gasteiger partial charge on any atom is -0.496 e. The quantitative estimate of drug-likeness (QED) is 0.469. The predicted molar refractivity (Wildman–Crippen MR) is 126 cm³/mol. The van der Waals surface area contributed by atoms with Gasteiger partial charge in [-0.15, -0.1) is 0 Å². The molecule has 0 fully saturated rings. The van der Waals surface area contributed by atoms with Crippen molar-refractivity contribution in [1.29, 1.82) is 0 Å². The molecule has 0 saturated heterocycles. The summed E-state index contributed by atoms with van der Waals surface area (Å²) in [6.45, 7) is 0.712. The van der Waals surface area contributed by atoms with Gasteiger partial charge in [0.2, 0.25) is 0 Å². The van der Waals surface area contributed by atoms with Crippen LogP contribution in [0, 0.1) is 0 Å². The van der Waals surface area contributed by atoms with Crippen LogP contribution in [0.3, 0.4) is 0 Å². The maximum absolute atomic E-state index is 12.7. The first-order chi connectivity index (χ1) is 16.1. The van der Waals surface area contributed by atoms with Crippen LogP contribution >= 0.6 is 0 Å². The molecule has 1 N–H and O–H groups in total. The Kier molecular flexibility index (Phi) is 8.41. The van der Waals surface area contributed by atoms with E-state index in [4.69, 9.17) is 23.7 Å². The van der Waals surface area contributed by atoms with Crippen LogP contribution in [-0.2, 0) is 13.0 Å². The molecule has 33 heavy (non-hydrogen) atoms. The third kappa shape index (κ3) is 6.10. The molecule has 0 bridgehead atoms. The largest absolute Gasteiger partial charge is 0.496 e. The number of nitrogens with one attached hydrogen (secondary N) is 1. The Morgan fingerprint density at radius 2 is 1.36 bits per heavy atom. The molecule has 1 amide bonds. The molecule has 0 aliphatic heterocycles. The van der Waals surface area contributed by atoms with Crippen LogP contribution in [0.5, 0.6) is 28.7 Å². The molecule has 7 heteroatoms. The number of hydrogen-bond donors (Lipinski definition) is 1. The molecule has 0 aromatic heterocycles. The summed E-state index contributed by atoms with van der Waals surface area (Å²) < 4.78 is 27.3. The minimum absolute atomic E-state index is 0.170. The summed E-state index contributed by atoms with van der Waals surface area (Å²) in [6.07, 6.45) is 0.659. The van der Waals surface area contributed by atoms with E-state index in [2.05, 4.69) is 5.32 Å². The van der Waals surface area contributed by atoms with Crippen LogP contribution in [0.1, 0.15) is 21.5 Å². The monoisotopic (exact) mass is 451 g/mol. The maximum Gasteiger partial charge on any atom is 0.251 e. The van der Waals surface area contributed by atoms with E-state index in [1.165, 1.54) is 0 Å². The number of amides is 1. The van der Waals surface area contributed by atoms with Crippen molar-refractivity contribution >= 4 is 5.91 Å². The first-order valence-corrected chi connectivity index (χ1v) is 10.5. The first-order valence-electron chi connectivity index (χ1n) is 10.5. The molecule has 0 atom stereocenters. The van der Waals surface area contributed by atoms with Crippen LogP contribution < -0.4 is 29.0 Å². The number of benzene rings is 3. The average molecular weight is 452 g/mol. The zero-order valence-electron chi connectivity index (χ0n) is 19.3. The van der Waals surface area contributed by atoms with Gasteiger partial charge in [-0.2, -0.15) is 0 Å². The summed E-state index contributed by atoms with van der Waals surface area (Å²) in [4.78, 5) is 12.7. The van der Waals surface area contributed by atoms with Gasteiger partial charge in [0.25, 0.3) is 5.91 Å². The Balaban J connectivity index is 1.63. The molecule has 3 aromatic carbocycles. The van der Waals surface area contributed by atoms with Gasteiger partial charge < -0.3 is 29.0 Å². The van der Waals surface area contributed by atoms with Crippen molar-refractivity contribution in [2.24, 2.45) is 0 Å². The van der Waals surface area contributed by atoms with Crippen LogP contribution in [0.15, 0.2) is 60.7 Å². The third-order valence-electron chi connectivity index (χ3n) is 5.14. The zero-order valence-corrected chi connectivity index (χ0v) is 19.3. The van der Waals surface area contributed by atoms with Crippen molar-refractivity contribution in [3.63, 3.8) is 0 Å². The van der Waals surface area contributed by atoms with Gasteiger partial charge in [0.15, 0.2) is 23.0 Å². The molecule has 0 spiro atoms. The highest BCUT2D eigenvalue weighted by atomic mass is 16.5. The molecule has 174 valence electrons. The van der Waals surface area contributed by atoms with Crippen LogP contribution in [-0.4, -0.2) is 40.9 Å². The maximum atomic E-state index is 12.7. The topological polar surface area (TPSA) is 75.3 Å². The summed E-state index contributed by atoms with van der Waals surface area (Å²) in [7, 11) is 6.38. The van der Waals surface area contributed by atoms with E-state index in [1.54, 1.807) is 46.6 Å². The fourth-order valence-corrected chi connectivity index (χ4v) is 3.38. The van der Waals surface area contributed by atoms with Gasteiger partial charge in [-0.25, -0.2) is 0 Å². The molecule has 0 aliphatic rings. The molecule has 0 radical (unpaired) electrons. The smallest absolute Gasteiger partial charge is 0.251 e. The van der Waals surface area contributed by atoms with Crippen LogP contribution in [0.2, 0.25) is 0 Å². The summed E-state index contributed by atoms with van der Waals surface area (Å²) >= 11 is 0. The van der Waals surface area contributed by atoms with Crippen molar-refractivity contribution in [3.8, 4) is 28.7 Å². The highest BCUT2D eigenvalue weighted by Gasteiger charge is 2.12. The zero-order chi connectivity index (χ0) is 23.6. The Morgan fingerprint density at radius 1 is 0.727 bits per heavy atom. The lowest BCUT2D eigenvalue weighted by Gasteiger charge is -2.14. The van der Waals surface area contributed by atoms with Gasteiger partial charge in [-0.05, 0) is 54.4 Å². The SMILES string of the molecule is COc1ccc(C(=O)NCCc2ccc(OC)c(OC)c2)cc1COc1ccccc1OC. The summed E-state index contributed by atoms with van der Waals surface area (Å²) in [5.41, 5.74) is 2.33. The number of rotatable bonds is 11. The number of carbonyl (C=O) groups excluding carboxylic acids is 1. The lowest BCUT2D eigenvalue weighted by Crippen LogP contribution is -2.25. The van der Waals surface area contributed by atoms with E-state index in [0.717, 1.165) is 11.1 Å². The number of methoxy groups -OCH3 is 4. The summed E-state index contributed by atoms with van der Waals surface area (Å²) in [5, 5.41) is 2.96. The van der Waals surface area contributed by atoms with Gasteiger partial charge in [-0.3, -0.25) is 4.79 Å². The molecule has 3 rings (SSSR count). The van der Waals surface area contributed by atoms with E-state index in [-0.39, 0.29) is 12.5 Å². The van der Waals surface area contributed by atoms with Gasteiger partial charge >= 0.3 is 0 Å². The minimum atomic E-state index is -0.170. The highest BCUT2D eigenvalue weighted by Crippen LogP contribution is 2.29. The first kappa shape index (κ1) is 23.8. The Labute approximate surface area is 194 Å². The van der Waals surface area contributed by atoms with E-state index in [9.17, 15) is 4.79 Å². The fourth-order valence-electron chi connectivity index (χ4n) is 3.38.